The van der Waals surface area contributed by atoms with E-state index in [1.807, 2.05) is 0 Å². The van der Waals surface area contributed by atoms with Gasteiger partial charge in [0.15, 0.2) is 12.6 Å². The molecule has 3 rings (SSSR count). The molecule has 16 atom stereocenters. The Morgan fingerprint density at radius 3 is 1.96 bits per heavy atom. The van der Waals surface area contributed by atoms with Crippen LogP contribution in [0.3, 0.4) is 0 Å². The van der Waals surface area contributed by atoms with Gasteiger partial charge in [0.2, 0.25) is 5.91 Å². The second kappa shape index (κ2) is 20.0. The summed E-state index contributed by atoms with van der Waals surface area (Å²) in [4.78, 5) is 73.5. The minimum Gasteiger partial charge on any atom is -0.378 e. The van der Waals surface area contributed by atoms with E-state index in [9.17, 15) is 28.8 Å². The van der Waals surface area contributed by atoms with Crippen molar-refractivity contribution < 1.29 is 61.9 Å². The van der Waals surface area contributed by atoms with Crippen LogP contribution >= 0.6 is 0 Å². The Hall–Kier alpha value is -3.18. The zero-order chi connectivity index (χ0) is 37.0. The molecule has 1 amide bonds. The fourth-order valence-electron chi connectivity index (χ4n) is 6.94. The molecule has 0 spiro atoms. The highest BCUT2D eigenvalue weighted by molar-refractivity contribution is 5.91. The van der Waals surface area contributed by atoms with Crippen molar-refractivity contribution in [3.8, 4) is 0 Å². The topological polar surface area (TPSA) is 308 Å². The third-order valence-corrected chi connectivity index (χ3v) is 9.46. The summed E-state index contributed by atoms with van der Waals surface area (Å²) >= 11 is 0. The van der Waals surface area contributed by atoms with E-state index in [2.05, 4.69) is 15.7 Å². The van der Waals surface area contributed by atoms with E-state index < -0.39 is 103 Å². The fraction of sp³-hybridized carbons (Fsp3) is 0.800. The van der Waals surface area contributed by atoms with Crippen LogP contribution in [-0.4, -0.2) is 145 Å². The number of aldehydes is 5. The predicted molar refractivity (Wildman–Crippen MR) is 168 cm³/mol. The van der Waals surface area contributed by atoms with Gasteiger partial charge in [-0.15, -0.1) is 0 Å². The van der Waals surface area contributed by atoms with E-state index in [-0.39, 0.29) is 32.4 Å². The van der Waals surface area contributed by atoms with Crippen LogP contribution < -0.4 is 28.4 Å². The molecule has 1 aliphatic carbocycles. The first-order valence-corrected chi connectivity index (χ1v) is 16.2. The summed E-state index contributed by atoms with van der Waals surface area (Å²) < 4.78 is 41.9. The second-order valence-electron chi connectivity index (χ2n) is 12.2. The Morgan fingerprint density at radius 2 is 1.44 bits per heavy atom. The quantitative estimate of drug-likeness (QED) is 0.0283. The molecule has 2 saturated heterocycles. The second-order valence-corrected chi connectivity index (χ2v) is 12.2. The molecule has 50 heavy (non-hydrogen) atoms. The maximum Gasteiger partial charge on any atom is 0.230 e. The molecule has 7 unspecified atom stereocenters. The number of rotatable bonds is 19. The van der Waals surface area contributed by atoms with Gasteiger partial charge in [0.05, 0.1) is 41.9 Å². The van der Waals surface area contributed by atoms with Crippen molar-refractivity contribution >= 4 is 37.3 Å². The van der Waals surface area contributed by atoms with Crippen LogP contribution in [0.1, 0.15) is 19.3 Å². The molecule has 20 nitrogen and oxygen atoms in total. The highest BCUT2D eigenvalue weighted by Gasteiger charge is 2.54. The van der Waals surface area contributed by atoms with Gasteiger partial charge in [-0.1, -0.05) is 5.22 Å². The molecular weight excluding hydrogens is 666 g/mol. The first kappa shape index (κ1) is 41.2. The number of carbonyl (C=O) groups excluding carboxylic acids is 6. The lowest BCUT2D eigenvalue weighted by atomic mass is 9.81. The van der Waals surface area contributed by atoms with Gasteiger partial charge >= 0.3 is 0 Å². The van der Waals surface area contributed by atoms with E-state index in [1.54, 1.807) is 0 Å². The maximum absolute atomic E-state index is 13.3. The van der Waals surface area contributed by atoms with Crippen molar-refractivity contribution in [1.29, 1.82) is 0 Å². The zero-order valence-corrected chi connectivity index (χ0v) is 28.2. The number of ether oxygens (including phenoxy) is 7. The van der Waals surface area contributed by atoms with E-state index in [0.29, 0.717) is 31.4 Å². The van der Waals surface area contributed by atoms with Crippen LogP contribution in [0.4, 0.5) is 0 Å². The Bertz CT molecular complexity index is 1170. The van der Waals surface area contributed by atoms with Gasteiger partial charge in [0, 0.05) is 40.3 Å². The number of nitrogens with two attached hydrogens (primary N) is 4. The number of hydrogen-bond acceptors (Lipinski definition) is 18. The summed E-state index contributed by atoms with van der Waals surface area (Å²) in [5.74, 6) is 0.172. The normalized spacial score (nSPS) is 39.7. The first-order valence-electron chi connectivity index (χ1n) is 16.2. The van der Waals surface area contributed by atoms with Crippen LogP contribution in [0, 0.1) is 23.7 Å². The monoisotopic (exact) mass is 715 g/mol. The number of nitrogens with one attached hydrogen (secondary N) is 1. The molecule has 0 aromatic rings. The molecule has 3 fully saturated rings. The average Bonchev–Trinajstić information content (AvgIpc) is 3.11. The van der Waals surface area contributed by atoms with Crippen molar-refractivity contribution in [3.63, 3.8) is 0 Å². The van der Waals surface area contributed by atoms with Crippen LogP contribution in [-0.2, 0) is 61.9 Å². The SMILES string of the molecule is COC1C(O[C@H]2O[C@H](CN)[C@@H](OC)C(OC)C2C=O)[C@@H](N)C[C@@H](NC(=O)C(C=O)CCN)[C@@H]1O[C@H]1OC(CC=O)[C@@H](C=O)C(N=NN)[C@@H]1C=O. The number of nitrogens with zero attached hydrogens (tertiary/aromatic N) is 2. The highest BCUT2D eigenvalue weighted by atomic mass is 16.7. The van der Waals surface area contributed by atoms with Crippen molar-refractivity contribution in [2.45, 2.75) is 92.7 Å². The summed E-state index contributed by atoms with van der Waals surface area (Å²) in [5, 5.41) is 9.94. The van der Waals surface area contributed by atoms with Crippen molar-refractivity contribution in [3.05, 3.63) is 0 Å². The molecule has 2 heterocycles. The molecule has 0 aromatic carbocycles. The molecule has 0 aromatic heterocycles. The number of carbonyl (C=O) groups is 6. The standard InChI is InChI=1S/C30H49N7O13/c1-44-23-17(13-42)30(48-21(9-32)26(23)45-2)49-24-18(33)8-19(35-28(43)14(10-39)4-6-31)25(27(24)46-3)50-29-16(12-41)22(36-37-34)15(11-40)20(47-29)5-7-38/h7,10-27,29-30H,4-6,8-9,31-33H2,1-3H3,(H2,34,36)(H,35,43)/t14?,15-,16+,17?,18+,19-,20?,21-,22?,23?,24?,25+,26-,27?,29-,30-/m1/s1. The van der Waals surface area contributed by atoms with Crippen LogP contribution in [0.5, 0.6) is 0 Å². The van der Waals surface area contributed by atoms with Crippen molar-refractivity contribution in [2.24, 2.45) is 57.1 Å². The van der Waals surface area contributed by atoms with Gasteiger partial charge in [-0.3, -0.25) is 4.79 Å². The molecule has 20 heteroatoms. The number of methoxy groups -OCH3 is 3. The van der Waals surface area contributed by atoms with Crippen LogP contribution in [0.25, 0.3) is 0 Å². The van der Waals surface area contributed by atoms with Crippen LogP contribution in [0.2, 0.25) is 0 Å². The average molecular weight is 716 g/mol. The summed E-state index contributed by atoms with van der Waals surface area (Å²) in [6.07, 6.45) is -7.29. The van der Waals surface area contributed by atoms with Gasteiger partial charge in [0.25, 0.3) is 0 Å². The summed E-state index contributed by atoms with van der Waals surface area (Å²) in [7, 11) is 4.15. The summed E-state index contributed by atoms with van der Waals surface area (Å²) in [6.45, 7) is 0.0446. The van der Waals surface area contributed by atoms with Crippen molar-refractivity contribution in [2.75, 3.05) is 34.4 Å². The smallest absolute Gasteiger partial charge is 0.230 e. The molecule has 0 radical (unpaired) electrons. The third-order valence-electron chi connectivity index (χ3n) is 9.46. The van der Waals surface area contributed by atoms with Gasteiger partial charge in [-0.2, -0.15) is 5.11 Å². The highest BCUT2D eigenvalue weighted by Crippen LogP contribution is 2.38. The van der Waals surface area contributed by atoms with Crippen LogP contribution in [0.15, 0.2) is 10.3 Å². The minimum absolute atomic E-state index is 0.00802. The molecule has 3 aliphatic rings. The van der Waals surface area contributed by atoms with E-state index in [4.69, 9.17) is 56.2 Å². The number of amides is 1. The number of hydrogen-bond donors (Lipinski definition) is 5. The lowest BCUT2D eigenvalue weighted by Crippen LogP contribution is -2.68. The first-order chi connectivity index (χ1) is 24.2. The Labute approximate surface area is 288 Å². The summed E-state index contributed by atoms with van der Waals surface area (Å²) in [6, 6.07) is -3.07. The molecule has 0 bridgehead atoms. The Morgan fingerprint density at radius 1 is 0.840 bits per heavy atom. The molecular formula is C30H49N7O13. The predicted octanol–water partition coefficient (Wildman–Crippen LogP) is -3.68. The molecule has 1 saturated carbocycles. The van der Waals surface area contributed by atoms with E-state index in [1.165, 1.54) is 21.3 Å². The van der Waals surface area contributed by atoms with Gasteiger partial charge in [-0.25, -0.2) is 0 Å². The fourth-order valence-corrected chi connectivity index (χ4v) is 6.94. The maximum atomic E-state index is 13.3. The summed E-state index contributed by atoms with van der Waals surface area (Å²) in [5.41, 5.74) is 18.2. The Balaban J connectivity index is 2.05. The van der Waals surface area contributed by atoms with Crippen molar-refractivity contribution in [1.82, 2.24) is 5.32 Å². The zero-order valence-electron chi connectivity index (χ0n) is 28.2. The third kappa shape index (κ3) is 8.99. The van der Waals surface area contributed by atoms with Gasteiger partial charge < -0.3 is 85.5 Å². The Kier molecular flexibility index (Phi) is 16.5. The van der Waals surface area contributed by atoms with Gasteiger partial charge in [0.1, 0.15) is 68.1 Å². The molecule has 9 N–H and O–H groups in total. The molecule has 282 valence electrons. The largest absolute Gasteiger partial charge is 0.378 e. The lowest BCUT2D eigenvalue weighted by Gasteiger charge is -2.50. The van der Waals surface area contributed by atoms with Gasteiger partial charge in [-0.05, 0) is 19.4 Å². The van der Waals surface area contributed by atoms with E-state index >= 15 is 0 Å². The lowest BCUT2D eigenvalue weighted by molar-refractivity contribution is -0.316. The molecule has 2 aliphatic heterocycles. The van der Waals surface area contributed by atoms with E-state index in [0.717, 1.165) is 0 Å². The minimum atomic E-state index is -1.48.